The molecule has 0 bridgehead atoms. The number of carbonyl (C=O) groups is 1. The number of fused-ring (bicyclic) bond motifs is 1. The highest BCUT2D eigenvalue weighted by atomic mass is 32.2. The first-order valence-corrected chi connectivity index (χ1v) is 5.41. The summed E-state index contributed by atoms with van der Waals surface area (Å²) in [7, 11) is 0. The predicted molar refractivity (Wildman–Crippen MR) is 53.5 cm³/mol. The van der Waals surface area contributed by atoms with Crippen molar-refractivity contribution >= 4 is 40.5 Å². The number of rotatable bonds is 1. The molecule has 2 nitrogen and oxygen atoms in total. The summed E-state index contributed by atoms with van der Waals surface area (Å²) in [4.78, 5) is 10.9. The van der Waals surface area contributed by atoms with Gasteiger partial charge in [0.15, 0.2) is 0 Å². The molecule has 0 unspecified atom stereocenters. The first-order chi connectivity index (χ1) is 5.79. The molecule has 2 heterocycles. The van der Waals surface area contributed by atoms with Crippen LogP contribution in [0.4, 0.5) is 0 Å². The van der Waals surface area contributed by atoms with Gasteiger partial charge in [-0.15, -0.1) is 23.1 Å². The Morgan fingerprint density at radius 1 is 1.58 bits per heavy atom. The minimum atomic E-state index is -0.330. The van der Waals surface area contributed by atoms with Gasteiger partial charge in [0.1, 0.15) is 0 Å². The van der Waals surface area contributed by atoms with E-state index in [9.17, 15) is 4.79 Å². The predicted octanol–water partition coefficient (Wildman–Crippen LogP) is 0.112. The molecule has 1 aliphatic rings. The fourth-order valence-electron chi connectivity index (χ4n) is 1.13. The van der Waals surface area contributed by atoms with Crippen LogP contribution in [0.1, 0.15) is 10.4 Å². The van der Waals surface area contributed by atoms with Crippen LogP contribution in [0.25, 0.3) is 11.5 Å². The maximum atomic E-state index is 10.9. The largest absolute Gasteiger partial charge is 0.366 e. The third kappa shape index (κ3) is 1.17. The van der Waals surface area contributed by atoms with Crippen LogP contribution < -0.4 is 15.5 Å². The molecule has 0 aromatic carbocycles. The molecule has 0 aliphatic carbocycles. The van der Waals surface area contributed by atoms with E-state index in [2.05, 4.69) is 11.5 Å². The summed E-state index contributed by atoms with van der Waals surface area (Å²) < 4.78 is 1.15. The number of carbonyl (C=O) groups excluding carboxylic acids is 1. The third-order valence-corrected chi connectivity index (χ3v) is 3.55. The van der Waals surface area contributed by atoms with E-state index in [0.29, 0.717) is 5.56 Å². The number of thiophene rings is 1. The van der Waals surface area contributed by atoms with E-state index in [0.717, 1.165) is 15.5 Å². The Hall–Kier alpha value is -0.740. The first-order valence-electron chi connectivity index (χ1n) is 3.48. The second kappa shape index (κ2) is 2.95. The SMILES string of the molecule is NC(=O)c1csc2c1=CCSC=2. The molecule has 12 heavy (non-hydrogen) atoms. The van der Waals surface area contributed by atoms with Gasteiger partial charge in [0.05, 0.1) is 5.56 Å². The molecule has 2 rings (SSSR count). The van der Waals surface area contributed by atoms with E-state index < -0.39 is 0 Å². The van der Waals surface area contributed by atoms with Crippen LogP contribution >= 0.6 is 23.1 Å². The number of nitrogens with two attached hydrogens (primary N) is 1. The lowest BCUT2D eigenvalue weighted by Gasteiger charge is -1.94. The van der Waals surface area contributed by atoms with Crippen molar-refractivity contribution in [3.05, 3.63) is 20.7 Å². The normalized spacial score (nSPS) is 14.3. The number of hydrogen-bond donors (Lipinski definition) is 1. The van der Waals surface area contributed by atoms with Gasteiger partial charge in [-0.3, -0.25) is 4.79 Å². The number of thioether (sulfide) groups is 1. The highest BCUT2D eigenvalue weighted by Gasteiger charge is 2.06. The molecule has 1 aromatic heterocycles. The molecule has 0 radical (unpaired) electrons. The Labute approximate surface area is 77.8 Å². The summed E-state index contributed by atoms with van der Waals surface area (Å²) in [6.45, 7) is 0. The molecule has 0 spiro atoms. The quantitative estimate of drug-likeness (QED) is 0.694. The highest BCUT2D eigenvalue weighted by Crippen LogP contribution is 2.06. The summed E-state index contributed by atoms with van der Waals surface area (Å²) in [6, 6.07) is 0. The van der Waals surface area contributed by atoms with Gasteiger partial charge in [0.25, 0.3) is 0 Å². The molecule has 4 heteroatoms. The summed E-state index contributed by atoms with van der Waals surface area (Å²) in [5.74, 6) is 0.605. The number of hydrogen-bond acceptors (Lipinski definition) is 3. The first kappa shape index (κ1) is 7.89. The monoisotopic (exact) mass is 197 g/mol. The van der Waals surface area contributed by atoms with Gasteiger partial charge in [-0.2, -0.15) is 0 Å². The summed E-state index contributed by atoms with van der Waals surface area (Å²) in [6.07, 6.45) is 2.05. The van der Waals surface area contributed by atoms with Crippen molar-refractivity contribution in [3.63, 3.8) is 0 Å². The van der Waals surface area contributed by atoms with Crippen molar-refractivity contribution in [1.82, 2.24) is 0 Å². The highest BCUT2D eigenvalue weighted by molar-refractivity contribution is 8.07. The standard InChI is InChI=1S/C8H7NOS2/c9-8(10)6-3-12-7-4-11-2-1-5(6)7/h1,3-4H,2H2,(H2,9,10). The zero-order valence-corrected chi connectivity index (χ0v) is 7.87. The van der Waals surface area contributed by atoms with Crippen LogP contribution in [0.2, 0.25) is 0 Å². The van der Waals surface area contributed by atoms with Gasteiger partial charge in [-0.1, -0.05) is 6.08 Å². The second-order valence-electron chi connectivity index (χ2n) is 2.45. The van der Waals surface area contributed by atoms with Crippen molar-refractivity contribution in [2.24, 2.45) is 5.73 Å². The van der Waals surface area contributed by atoms with Gasteiger partial charge < -0.3 is 5.73 Å². The van der Waals surface area contributed by atoms with Gasteiger partial charge in [-0.05, 0) is 5.41 Å². The van der Waals surface area contributed by atoms with Crippen LogP contribution in [0.15, 0.2) is 5.38 Å². The molecule has 0 fully saturated rings. The van der Waals surface area contributed by atoms with Gasteiger partial charge >= 0.3 is 0 Å². The molecule has 0 saturated carbocycles. The van der Waals surface area contributed by atoms with Gasteiger partial charge in [0.2, 0.25) is 5.91 Å². The van der Waals surface area contributed by atoms with Crippen molar-refractivity contribution in [1.29, 1.82) is 0 Å². The molecule has 62 valence electrons. The van der Waals surface area contributed by atoms with Gasteiger partial charge in [0, 0.05) is 20.9 Å². The lowest BCUT2D eigenvalue weighted by molar-refractivity contribution is 0.1000. The molecule has 2 N–H and O–H groups in total. The minimum Gasteiger partial charge on any atom is -0.366 e. The smallest absolute Gasteiger partial charge is 0.250 e. The Balaban J connectivity index is 2.76. The fourth-order valence-corrected chi connectivity index (χ4v) is 3.00. The Kier molecular flexibility index (Phi) is 1.94. The average molecular weight is 197 g/mol. The minimum absolute atomic E-state index is 0.330. The Morgan fingerprint density at radius 2 is 2.42 bits per heavy atom. The Bertz CT molecular complexity index is 432. The Morgan fingerprint density at radius 3 is 3.17 bits per heavy atom. The fraction of sp³-hybridized carbons (Fsp3) is 0.125. The molecule has 0 saturated heterocycles. The van der Waals surface area contributed by atoms with Crippen molar-refractivity contribution in [2.45, 2.75) is 0 Å². The topological polar surface area (TPSA) is 43.1 Å². The molecule has 1 amide bonds. The van der Waals surface area contributed by atoms with E-state index in [4.69, 9.17) is 5.73 Å². The maximum absolute atomic E-state index is 10.9. The second-order valence-corrected chi connectivity index (χ2v) is 4.26. The average Bonchev–Trinajstić information content (AvgIpc) is 2.47. The van der Waals surface area contributed by atoms with E-state index in [-0.39, 0.29) is 5.91 Å². The van der Waals surface area contributed by atoms with Crippen LogP contribution in [0, 0.1) is 0 Å². The van der Waals surface area contributed by atoms with Gasteiger partial charge in [-0.25, -0.2) is 0 Å². The zero-order valence-electron chi connectivity index (χ0n) is 6.24. The molecule has 1 aliphatic heterocycles. The number of amides is 1. The summed E-state index contributed by atoms with van der Waals surface area (Å²) in [5.41, 5.74) is 5.87. The third-order valence-electron chi connectivity index (χ3n) is 1.70. The maximum Gasteiger partial charge on any atom is 0.250 e. The van der Waals surface area contributed by atoms with Crippen molar-refractivity contribution in [2.75, 3.05) is 5.75 Å². The molecule has 1 aromatic rings. The summed E-state index contributed by atoms with van der Waals surface area (Å²) >= 11 is 3.31. The lowest BCUT2D eigenvalue weighted by atomic mass is 10.2. The lowest BCUT2D eigenvalue weighted by Crippen LogP contribution is -2.29. The van der Waals surface area contributed by atoms with Crippen LogP contribution in [-0.2, 0) is 0 Å². The van der Waals surface area contributed by atoms with E-state index >= 15 is 0 Å². The van der Waals surface area contributed by atoms with Crippen LogP contribution in [0.3, 0.4) is 0 Å². The van der Waals surface area contributed by atoms with Crippen LogP contribution in [0.5, 0.6) is 0 Å². The molecular formula is C8H7NOS2. The molecular weight excluding hydrogens is 190 g/mol. The zero-order chi connectivity index (χ0) is 8.55. The van der Waals surface area contributed by atoms with Crippen molar-refractivity contribution in [3.8, 4) is 0 Å². The van der Waals surface area contributed by atoms with Crippen molar-refractivity contribution < 1.29 is 4.79 Å². The van der Waals surface area contributed by atoms with E-state index in [1.54, 1.807) is 23.1 Å². The number of primary amides is 1. The summed E-state index contributed by atoms with van der Waals surface area (Å²) in [5, 5.41) is 4.92. The van der Waals surface area contributed by atoms with Crippen LogP contribution in [-0.4, -0.2) is 11.7 Å². The van der Waals surface area contributed by atoms with E-state index in [1.165, 1.54) is 0 Å². The molecule has 0 atom stereocenters. The van der Waals surface area contributed by atoms with E-state index in [1.807, 2.05) is 5.38 Å².